The van der Waals surface area contributed by atoms with Crippen molar-refractivity contribution in [1.82, 2.24) is 5.43 Å². The van der Waals surface area contributed by atoms with Crippen molar-refractivity contribution in [2.45, 2.75) is 44.6 Å². The highest BCUT2D eigenvalue weighted by Gasteiger charge is 2.20. The number of ether oxygens (including phenoxy) is 2. The van der Waals surface area contributed by atoms with Crippen molar-refractivity contribution >= 4 is 0 Å². The van der Waals surface area contributed by atoms with E-state index in [-0.39, 0.29) is 6.04 Å². The lowest BCUT2D eigenvalue weighted by Crippen LogP contribution is -2.30. The topological polar surface area (TPSA) is 56.5 Å². The number of benzene rings is 1. The molecule has 4 nitrogen and oxygen atoms in total. The fourth-order valence-electron chi connectivity index (χ4n) is 3.09. The van der Waals surface area contributed by atoms with Gasteiger partial charge in [0.1, 0.15) is 11.5 Å². The van der Waals surface area contributed by atoms with Crippen LogP contribution >= 0.6 is 0 Å². The molecule has 1 atom stereocenters. The van der Waals surface area contributed by atoms with E-state index >= 15 is 0 Å². The molecule has 0 saturated heterocycles. The maximum Gasteiger partial charge on any atom is 0.122 e. The van der Waals surface area contributed by atoms with E-state index < -0.39 is 0 Å². The molecule has 2 rings (SSSR count). The Hall–Kier alpha value is -1.26. The summed E-state index contributed by atoms with van der Waals surface area (Å²) < 4.78 is 10.7. The smallest absolute Gasteiger partial charge is 0.122 e. The lowest BCUT2D eigenvalue weighted by atomic mass is 9.83. The van der Waals surface area contributed by atoms with Crippen LogP contribution in [-0.2, 0) is 0 Å². The molecule has 1 aromatic rings. The number of hydrazine groups is 1. The molecule has 4 heteroatoms. The molecule has 20 heavy (non-hydrogen) atoms. The van der Waals surface area contributed by atoms with Gasteiger partial charge in [0.2, 0.25) is 0 Å². The summed E-state index contributed by atoms with van der Waals surface area (Å²) in [5, 5.41) is 0. The quantitative estimate of drug-likeness (QED) is 0.620. The number of nitrogens with one attached hydrogen (secondary N) is 1. The molecule has 1 unspecified atom stereocenters. The molecule has 1 fully saturated rings. The van der Waals surface area contributed by atoms with Crippen LogP contribution in [0.3, 0.4) is 0 Å². The number of methoxy groups -OCH3 is 2. The van der Waals surface area contributed by atoms with Crippen LogP contribution in [0.2, 0.25) is 0 Å². The van der Waals surface area contributed by atoms with Crippen LogP contribution in [0.25, 0.3) is 0 Å². The Bertz CT molecular complexity index is 395. The second kappa shape index (κ2) is 7.50. The fourth-order valence-corrected chi connectivity index (χ4v) is 3.09. The zero-order valence-corrected chi connectivity index (χ0v) is 12.5. The van der Waals surface area contributed by atoms with Crippen LogP contribution in [0.1, 0.15) is 50.1 Å². The van der Waals surface area contributed by atoms with Gasteiger partial charge >= 0.3 is 0 Å². The van der Waals surface area contributed by atoms with E-state index in [4.69, 9.17) is 15.3 Å². The van der Waals surface area contributed by atoms with Crippen LogP contribution in [0.5, 0.6) is 11.5 Å². The highest BCUT2D eigenvalue weighted by Crippen LogP contribution is 2.34. The Morgan fingerprint density at radius 2 is 1.70 bits per heavy atom. The Morgan fingerprint density at radius 3 is 2.20 bits per heavy atom. The molecule has 0 radical (unpaired) electrons. The van der Waals surface area contributed by atoms with Crippen molar-refractivity contribution in [1.29, 1.82) is 0 Å². The molecular weight excluding hydrogens is 252 g/mol. The van der Waals surface area contributed by atoms with E-state index in [0.717, 1.165) is 29.4 Å². The molecule has 0 heterocycles. The molecule has 0 aromatic heterocycles. The Morgan fingerprint density at radius 1 is 1.10 bits per heavy atom. The summed E-state index contributed by atoms with van der Waals surface area (Å²) in [4.78, 5) is 0. The van der Waals surface area contributed by atoms with Crippen molar-refractivity contribution in [3.8, 4) is 11.5 Å². The lowest BCUT2D eigenvalue weighted by molar-refractivity contribution is 0.300. The molecule has 1 saturated carbocycles. The third-order valence-electron chi connectivity index (χ3n) is 4.27. The van der Waals surface area contributed by atoms with Gasteiger partial charge in [0.15, 0.2) is 0 Å². The van der Waals surface area contributed by atoms with Gasteiger partial charge in [-0.3, -0.25) is 11.3 Å². The lowest BCUT2D eigenvalue weighted by Gasteiger charge is -2.26. The third-order valence-corrected chi connectivity index (χ3v) is 4.27. The maximum absolute atomic E-state index is 5.77. The van der Waals surface area contributed by atoms with Crippen molar-refractivity contribution in [3.63, 3.8) is 0 Å². The summed E-state index contributed by atoms with van der Waals surface area (Å²) in [6.07, 6.45) is 7.79. The summed E-state index contributed by atoms with van der Waals surface area (Å²) in [6, 6.07) is 6.12. The highest BCUT2D eigenvalue weighted by molar-refractivity contribution is 5.39. The van der Waals surface area contributed by atoms with Gasteiger partial charge in [-0.2, -0.15) is 0 Å². The second-order valence-electron chi connectivity index (χ2n) is 5.60. The minimum absolute atomic E-state index is 0.155. The predicted molar refractivity (Wildman–Crippen MR) is 80.8 cm³/mol. The van der Waals surface area contributed by atoms with Gasteiger partial charge < -0.3 is 9.47 Å². The van der Waals surface area contributed by atoms with Gasteiger partial charge in [-0.05, 0) is 30.0 Å². The summed E-state index contributed by atoms with van der Waals surface area (Å²) in [7, 11) is 3.34. The standard InChI is InChI=1S/C16H26N2O2/c1-19-14-9-13(10-15(11-14)20-2)16(18-17)8-12-6-4-3-5-7-12/h9-12,16,18H,3-8,17H2,1-2H3. The summed E-state index contributed by atoms with van der Waals surface area (Å²) in [5.41, 5.74) is 4.09. The average Bonchev–Trinajstić information content (AvgIpc) is 2.53. The molecule has 3 N–H and O–H groups in total. The predicted octanol–water partition coefficient (Wildman–Crippen LogP) is 3.18. The molecule has 0 aliphatic heterocycles. The molecule has 1 aromatic carbocycles. The van der Waals surface area contributed by atoms with Crippen LogP contribution in [0, 0.1) is 5.92 Å². The zero-order valence-electron chi connectivity index (χ0n) is 12.5. The molecular formula is C16H26N2O2. The molecule has 0 bridgehead atoms. The first kappa shape index (κ1) is 15.1. The second-order valence-corrected chi connectivity index (χ2v) is 5.60. The number of hydrogen-bond acceptors (Lipinski definition) is 4. The first-order chi connectivity index (χ1) is 9.76. The van der Waals surface area contributed by atoms with E-state index in [1.165, 1.54) is 32.1 Å². The summed E-state index contributed by atoms with van der Waals surface area (Å²) in [5.74, 6) is 8.16. The third kappa shape index (κ3) is 3.87. The fraction of sp³-hybridized carbons (Fsp3) is 0.625. The number of rotatable bonds is 6. The highest BCUT2D eigenvalue weighted by atomic mass is 16.5. The summed E-state index contributed by atoms with van der Waals surface area (Å²) >= 11 is 0. The van der Waals surface area contributed by atoms with Gasteiger partial charge in [-0.25, -0.2) is 0 Å². The first-order valence-corrected chi connectivity index (χ1v) is 7.46. The normalized spacial score (nSPS) is 17.8. The van der Waals surface area contributed by atoms with E-state index in [2.05, 4.69) is 5.43 Å². The van der Waals surface area contributed by atoms with Crippen molar-refractivity contribution in [2.75, 3.05) is 14.2 Å². The van der Waals surface area contributed by atoms with Crippen LogP contribution in [0.4, 0.5) is 0 Å². The van der Waals surface area contributed by atoms with E-state index in [1.807, 2.05) is 18.2 Å². The van der Waals surface area contributed by atoms with Crippen molar-refractivity contribution in [3.05, 3.63) is 23.8 Å². The molecule has 1 aliphatic carbocycles. The van der Waals surface area contributed by atoms with Crippen LogP contribution < -0.4 is 20.7 Å². The molecule has 1 aliphatic rings. The Kier molecular flexibility index (Phi) is 5.68. The zero-order chi connectivity index (χ0) is 14.4. The minimum atomic E-state index is 0.155. The first-order valence-electron chi connectivity index (χ1n) is 7.46. The molecule has 0 spiro atoms. The average molecular weight is 278 g/mol. The van der Waals surface area contributed by atoms with E-state index in [9.17, 15) is 0 Å². The Labute approximate surface area is 121 Å². The summed E-state index contributed by atoms with van der Waals surface area (Å²) in [6.45, 7) is 0. The van der Waals surface area contributed by atoms with Gasteiger partial charge in [0.05, 0.1) is 14.2 Å². The molecule has 112 valence electrons. The van der Waals surface area contributed by atoms with Gasteiger partial charge in [-0.15, -0.1) is 0 Å². The van der Waals surface area contributed by atoms with Crippen molar-refractivity contribution in [2.24, 2.45) is 11.8 Å². The van der Waals surface area contributed by atoms with Gasteiger partial charge in [-0.1, -0.05) is 32.1 Å². The number of hydrogen-bond donors (Lipinski definition) is 2. The van der Waals surface area contributed by atoms with Gasteiger partial charge in [0.25, 0.3) is 0 Å². The SMILES string of the molecule is COc1cc(OC)cc(C(CC2CCCCC2)NN)c1. The number of nitrogens with two attached hydrogens (primary N) is 1. The van der Waals surface area contributed by atoms with Crippen molar-refractivity contribution < 1.29 is 9.47 Å². The van der Waals surface area contributed by atoms with Crippen LogP contribution in [-0.4, -0.2) is 14.2 Å². The Balaban J connectivity index is 2.12. The largest absolute Gasteiger partial charge is 0.497 e. The van der Waals surface area contributed by atoms with Crippen LogP contribution in [0.15, 0.2) is 18.2 Å². The maximum atomic E-state index is 5.77. The monoisotopic (exact) mass is 278 g/mol. The minimum Gasteiger partial charge on any atom is -0.497 e. The van der Waals surface area contributed by atoms with E-state index in [1.54, 1.807) is 14.2 Å². The van der Waals surface area contributed by atoms with Gasteiger partial charge in [0, 0.05) is 12.1 Å². The van der Waals surface area contributed by atoms with E-state index in [0.29, 0.717) is 0 Å². The molecule has 0 amide bonds.